The number of aromatic carboxylic acids is 1. The summed E-state index contributed by atoms with van der Waals surface area (Å²) in [5, 5.41) is 17.5. The van der Waals surface area contributed by atoms with Crippen molar-refractivity contribution in [3.05, 3.63) is 35.9 Å². The van der Waals surface area contributed by atoms with E-state index in [4.69, 9.17) is 21.7 Å². The molecule has 0 saturated heterocycles. The van der Waals surface area contributed by atoms with Crippen LogP contribution in [0.3, 0.4) is 0 Å². The largest absolute Gasteiger partial charge is 0.507 e. The lowest BCUT2D eigenvalue weighted by Gasteiger charge is -1.98. The van der Waals surface area contributed by atoms with Gasteiger partial charge in [-0.25, -0.2) is 4.79 Å². The molecule has 1 rings (SSSR count). The minimum atomic E-state index is -1.16. The minimum Gasteiger partial charge on any atom is -0.507 e. The summed E-state index contributed by atoms with van der Waals surface area (Å²) >= 11 is 0. The fourth-order valence-corrected chi connectivity index (χ4v) is 0.730. The van der Waals surface area contributed by atoms with Gasteiger partial charge in [0, 0.05) is 17.3 Å². The number of nitrogen functional groups attached to an aromatic ring is 1. The fraction of sp³-hybridized carbons (Fsp3) is 0.0909. The zero-order valence-corrected chi connectivity index (χ0v) is 9.30. The molecule has 6 N–H and O–H groups in total. The molecule has 0 saturated carbocycles. The van der Waals surface area contributed by atoms with Crippen molar-refractivity contribution >= 4 is 17.6 Å². The molecule has 1 aromatic carbocycles. The third-order valence-electron chi connectivity index (χ3n) is 1.67. The lowest BCUT2D eigenvalue weighted by atomic mass is 10.2. The topological polar surface area (TPSA) is 127 Å². The number of hydrogen-bond donors (Lipinski definition) is 4. The van der Waals surface area contributed by atoms with Gasteiger partial charge < -0.3 is 21.7 Å². The first kappa shape index (κ1) is 14.5. The molecule has 0 unspecified atom stereocenters. The molecule has 6 nitrogen and oxygen atoms in total. The lowest BCUT2D eigenvalue weighted by molar-refractivity contribution is -0.114. The van der Waals surface area contributed by atoms with E-state index in [1.807, 2.05) is 0 Å². The van der Waals surface area contributed by atoms with Crippen molar-refractivity contribution < 1.29 is 19.8 Å². The summed E-state index contributed by atoms with van der Waals surface area (Å²) < 4.78 is 0. The van der Waals surface area contributed by atoms with E-state index >= 15 is 0 Å². The van der Waals surface area contributed by atoms with Crippen LogP contribution < -0.4 is 11.5 Å². The Labute approximate surface area is 98.2 Å². The van der Waals surface area contributed by atoms with Crippen LogP contribution in [0.15, 0.2) is 30.4 Å². The molecule has 1 aromatic rings. The van der Waals surface area contributed by atoms with E-state index in [1.54, 1.807) is 6.92 Å². The van der Waals surface area contributed by atoms with E-state index in [0.29, 0.717) is 11.3 Å². The highest BCUT2D eigenvalue weighted by Gasteiger charge is 2.07. The SMILES string of the molecule is C=C(C)C(N)=O.Nc1ccc(C(=O)O)c(O)c1. The first-order valence-electron chi connectivity index (χ1n) is 4.52. The Morgan fingerprint density at radius 2 is 1.82 bits per heavy atom. The van der Waals surface area contributed by atoms with Crippen molar-refractivity contribution in [3.63, 3.8) is 0 Å². The molecule has 92 valence electrons. The maximum Gasteiger partial charge on any atom is 0.339 e. The molecule has 0 aliphatic heterocycles. The number of carbonyl (C=O) groups is 2. The third kappa shape index (κ3) is 5.22. The van der Waals surface area contributed by atoms with Crippen LogP contribution in [0.1, 0.15) is 17.3 Å². The second-order valence-electron chi connectivity index (χ2n) is 3.23. The van der Waals surface area contributed by atoms with Gasteiger partial charge in [-0.2, -0.15) is 0 Å². The van der Waals surface area contributed by atoms with Crippen molar-refractivity contribution in [1.29, 1.82) is 0 Å². The Bertz CT molecular complexity index is 443. The molecule has 0 bridgehead atoms. The molecular weight excluding hydrogens is 224 g/mol. The van der Waals surface area contributed by atoms with Gasteiger partial charge >= 0.3 is 5.97 Å². The Morgan fingerprint density at radius 3 is 2.12 bits per heavy atom. The van der Waals surface area contributed by atoms with Crippen molar-refractivity contribution in [1.82, 2.24) is 0 Å². The zero-order chi connectivity index (χ0) is 13.6. The molecule has 1 amide bonds. The van der Waals surface area contributed by atoms with Gasteiger partial charge in [-0.1, -0.05) is 6.58 Å². The van der Waals surface area contributed by atoms with Crippen LogP contribution in [0, 0.1) is 0 Å². The van der Waals surface area contributed by atoms with Crippen LogP contribution in [0.4, 0.5) is 5.69 Å². The standard InChI is InChI=1S/C7H7NO3.C4H7NO/c8-4-1-2-5(7(10)11)6(9)3-4;1-3(2)4(5)6/h1-3,9H,8H2,(H,10,11);1H2,2H3,(H2,5,6). The van der Waals surface area contributed by atoms with Crippen molar-refractivity contribution in [2.75, 3.05) is 5.73 Å². The summed E-state index contributed by atoms with van der Waals surface area (Å²) in [6, 6.07) is 3.87. The smallest absolute Gasteiger partial charge is 0.339 e. The zero-order valence-electron chi connectivity index (χ0n) is 9.30. The van der Waals surface area contributed by atoms with Crippen LogP contribution in [0.2, 0.25) is 0 Å². The third-order valence-corrected chi connectivity index (χ3v) is 1.67. The first-order chi connectivity index (χ1) is 7.75. The summed E-state index contributed by atoms with van der Waals surface area (Å²) in [5.74, 6) is -1.91. The lowest BCUT2D eigenvalue weighted by Crippen LogP contribution is -2.10. The predicted molar refractivity (Wildman–Crippen MR) is 63.5 cm³/mol. The molecule has 0 aliphatic carbocycles. The van der Waals surface area contributed by atoms with E-state index in [0.717, 1.165) is 0 Å². The van der Waals surface area contributed by atoms with Crippen molar-refractivity contribution in [2.24, 2.45) is 5.73 Å². The molecule has 17 heavy (non-hydrogen) atoms. The number of carbonyl (C=O) groups excluding carboxylic acids is 1. The number of rotatable bonds is 2. The summed E-state index contributed by atoms with van der Waals surface area (Å²) in [7, 11) is 0. The van der Waals surface area contributed by atoms with E-state index in [2.05, 4.69) is 6.58 Å². The van der Waals surface area contributed by atoms with Crippen LogP contribution in [0.5, 0.6) is 5.75 Å². The quantitative estimate of drug-likeness (QED) is 0.446. The number of aromatic hydroxyl groups is 1. The van der Waals surface area contributed by atoms with E-state index < -0.39 is 11.9 Å². The van der Waals surface area contributed by atoms with Gasteiger partial charge in [0.2, 0.25) is 5.91 Å². The molecule has 0 fully saturated rings. The molecule has 0 aromatic heterocycles. The van der Waals surface area contributed by atoms with E-state index in [1.165, 1.54) is 18.2 Å². The second kappa shape index (κ2) is 6.16. The van der Waals surface area contributed by atoms with Crippen LogP contribution in [0.25, 0.3) is 0 Å². The Morgan fingerprint density at radius 1 is 1.35 bits per heavy atom. The summed E-state index contributed by atoms with van der Waals surface area (Å²) in [6.45, 7) is 4.85. The molecule has 6 heteroatoms. The first-order valence-corrected chi connectivity index (χ1v) is 4.52. The van der Waals surface area contributed by atoms with Gasteiger partial charge in [-0.05, 0) is 19.1 Å². The maximum absolute atomic E-state index is 10.3. The number of hydrogen-bond acceptors (Lipinski definition) is 4. The number of nitrogens with two attached hydrogens (primary N) is 2. The normalized spacial score (nSPS) is 8.76. The van der Waals surface area contributed by atoms with Gasteiger partial charge in [0.25, 0.3) is 0 Å². The number of amides is 1. The van der Waals surface area contributed by atoms with Gasteiger partial charge in [0.15, 0.2) is 0 Å². The highest BCUT2D eigenvalue weighted by Crippen LogP contribution is 2.19. The van der Waals surface area contributed by atoms with E-state index in [-0.39, 0.29) is 11.3 Å². The maximum atomic E-state index is 10.3. The number of benzene rings is 1. The highest BCUT2D eigenvalue weighted by molar-refractivity contribution is 5.91. The average Bonchev–Trinajstić information content (AvgIpc) is 2.17. The van der Waals surface area contributed by atoms with Crippen LogP contribution >= 0.6 is 0 Å². The molecule has 0 spiro atoms. The van der Waals surface area contributed by atoms with Gasteiger partial charge in [0.05, 0.1) is 0 Å². The number of carboxylic acid groups (broad SMARTS) is 1. The van der Waals surface area contributed by atoms with Gasteiger partial charge in [0.1, 0.15) is 11.3 Å². The Kier molecular flexibility index (Phi) is 5.26. The predicted octanol–water partition coefficient (Wildman–Crippen LogP) is 0.720. The molecule has 0 atom stereocenters. The fourth-order valence-electron chi connectivity index (χ4n) is 0.730. The van der Waals surface area contributed by atoms with Crippen molar-refractivity contribution in [3.8, 4) is 5.75 Å². The summed E-state index contributed by atoms with van der Waals surface area (Å²) in [6.07, 6.45) is 0. The molecule has 0 radical (unpaired) electrons. The summed E-state index contributed by atoms with van der Waals surface area (Å²) in [5.41, 5.74) is 10.6. The Hall–Kier alpha value is -2.50. The average molecular weight is 238 g/mol. The Balaban J connectivity index is 0.000000366. The molecule has 0 heterocycles. The minimum absolute atomic E-state index is 0.140. The van der Waals surface area contributed by atoms with Crippen LogP contribution in [-0.4, -0.2) is 22.1 Å². The molecule has 0 aliphatic rings. The van der Waals surface area contributed by atoms with E-state index in [9.17, 15) is 9.59 Å². The number of carboxylic acids is 1. The second-order valence-corrected chi connectivity index (χ2v) is 3.23. The van der Waals surface area contributed by atoms with Crippen LogP contribution in [-0.2, 0) is 4.79 Å². The van der Waals surface area contributed by atoms with Gasteiger partial charge in [-0.15, -0.1) is 0 Å². The molecular formula is C11H14N2O4. The monoisotopic (exact) mass is 238 g/mol. The summed E-state index contributed by atoms with van der Waals surface area (Å²) in [4.78, 5) is 20.2. The van der Waals surface area contributed by atoms with Gasteiger partial charge in [-0.3, -0.25) is 4.79 Å². The number of anilines is 1. The highest BCUT2D eigenvalue weighted by atomic mass is 16.4. The number of phenols is 1. The number of primary amides is 1. The van der Waals surface area contributed by atoms with Crippen molar-refractivity contribution in [2.45, 2.75) is 6.92 Å².